The Hall–Kier alpha value is -2.32. The van der Waals surface area contributed by atoms with Crippen molar-refractivity contribution >= 4 is 17.6 Å². The zero-order chi connectivity index (χ0) is 17.5. The fourth-order valence-corrected chi connectivity index (χ4v) is 2.65. The summed E-state index contributed by atoms with van der Waals surface area (Å²) >= 11 is 0. The van der Waals surface area contributed by atoms with Crippen molar-refractivity contribution < 1.29 is 24.2 Å². The number of hydrogen-bond donors (Lipinski definition) is 3. The highest BCUT2D eigenvalue weighted by Crippen LogP contribution is 2.29. The molecule has 8 heteroatoms. The number of benzene rings is 1. The summed E-state index contributed by atoms with van der Waals surface area (Å²) in [4.78, 5) is 25.6. The van der Waals surface area contributed by atoms with E-state index in [0.717, 1.165) is 13.1 Å². The lowest BCUT2D eigenvalue weighted by Crippen LogP contribution is -2.52. The molecule has 0 saturated carbocycles. The highest BCUT2D eigenvalue weighted by molar-refractivity contribution is 5.95. The lowest BCUT2D eigenvalue weighted by Gasteiger charge is -2.32. The van der Waals surface area contributed by atoms with E-state index in [0.29, 0.717) is 30.3 Å². The maximum atomic E-state index is 12.3. The molecule has 3 N–H and O–H groups in total. The van der Waals surface area contributed by atoms with E-state index in [4.69, 9.17) is 9.47 Å². The zero-order valence-electron chi connectivity index (χ0n) is 13.9. The standard InChI is InChI=1S/C16H23N3O5/c1-23-11-3-4-12(14(9-11)24-2)18-15(20)10-13(16(21)22)19-7-5-17-6-8-19/h3-4,9,13,17H,5-8,10H2,1-2H3,(H,18,20)(H,21,22)/t13-/m1/s1. The number of rotatable bonds is 7. The molecule has 0 unspecified atom stereocenters. The van der Waals surface area contributed by atoms with Gasteiger partial charge in [0.2, 0.25) is 5.91 Å². The van der Waals surface area contributed by atoms with Crippen LogP contribution in [0, 0.1) is 0 Å². The number of ether oxygens (including phenoxy) is 2. The second-order valence-corrected chi connectivity index (χ2v) is 5.46. The first-order valence-electron chi connectivity index (χ1n) is 7.74. The summed E-state index contributed by atoms with van der Waals surface area (Å²) in [7, 11) is 3.03. The van der Waals surface area contributed by atoms with Gasteiger partial charge in [-0.2, -0.15) is 0 Å². The molecule has 1 atom stereocenters. The quantitative estimate of drug-likeness (QED) is 0.662. The van der Waals surface area contributed by atoms with Gasteiger partial charge in [0.15, 0.2) is 0 Å². The fourth-order valence-electron chi connectivity index (χ4n) is 2.65. The minimum atomic E-state index is -0.992. The van der Waals surface area contributed by atoms with Gasteiger partial charge in [-0.1, -0.05) is 0 Å². The average molecular weight is 337 g/mol. The summed E-state index contributed by atoms with van der Waals surface area (Å²) in [6.45, 7) is 2.65. The van der Waals surface area contributed by atoms with Crippen molar-refractivity contribution in [3.63, 3.8) is 0 Å². The Labute approximate surface area is 140 Å². The third kappa shape index (κ3) is 4.59. The Kier molecular flexibility index (Phi) is 6.39. The van der Waals surface area contributed by atoms with Crippen LogP contribution in [-0.2, 0) is 9.59 Å². The predicted octanol–water partition coefficient (Wildman–Crippen LogP) is 0.391. The van der Waals surface area contributed by atoms with Crippen LogP contribution in [0.4, 0.5) is 5.69 Å². The monoisotopic (exact) mass is 337 g/mol. The van der Waals surface area contributed by atoms with Crippen LogP contribution in [0.3, 0.4) is 0 Å². The summed E-state index contributed by atoms with van der Waals surface area (Å²) in [5, 5.41) is 15.3. The molecule has 8 nitrogen and oxygen atoms in total. The van der Waals surface area contributed by atoms with Gasteiger partial charge in [-0.15, -0.1) is 0 Å². The number of carboxylic acid groups (broad SMARTS) is 1. The number of carbonyl (C=O) groups is 2. The maximum Gasteiger partial charge on any atom is 0.321 e. The average Bonchev–Trinajstić information content (AvgIpc) is 2.60. The third-order valence-electron chi connectivity index (χ3n) is 3.94. The SMILES string of the molecule is COc1ccc(NC(=O)C[C@H](C(=O)O)N2CCNCC2)c(OC)c1. The van der Waals surface area contributed by atoms with Crippen LogP contribution in [0.2, 0.25) is 0 Å². The number of piperazine rings is 1. The Balaban J connectivity index is 2.04. The van der Waals surface area contributed by atoms with E-state index in [1.807, 2.05) is 4.90 Å². The second kappa shape index (κ2) is 8.51. The number of amides is 1. The third-order valence-corrected chi connectivity index (χ3v) is 3.94. The molecular formula is C16H23N3O5. The molecule has 0 spiro atoms. The molecular weight excluding hydrogens is 314 g/mol. The molecule has 132 valence electrons. The van der Waals surface area contributed by atoms with Crippen LogP contribution < -0.4 is 20.1 Å². The Morgan fingerprint density at radius 3 is 2.58 bits per heavy atom. The molecule has 0 aromatic heterocycles. The van der Waals surface area contributed by atoms with Gasteiger partial charge in [-0.3, -0.25) is 14.5 Å². The minimum Gasteiger partial charge on any atom is -0.497 e. The highest BCUT2D eigenvalue weighted by Gasteiger charge is 2.29. The molecule has 2 rings (SSSR count). The zero-order valence-corrected chi connectivity index (χ0v) is 13.9. The first-order chi connectivity index (χ1) is 11.5. The molecule has 1 aliphatic heterocycles. The van der Waals surface area contributed by atoms with E-state index in [1.165, 1.54) is 14.2 Å². The van der Waals surface area contributed by atoms with E-state index in [2.05, 4.69) is 10.6 Å². The summed E-state index contributed by atoms with van der Waals surface area (Å²) in [5.41, 5.74) is 0.479. The Bertz CT molecular complexity index is 587. The van der Waals surface area contributed by atoms with Crippen LogP contribution in [0.5, 0.6) is 11.5 Å². The molecule has 0 aliphatic carbocycles. The lowest BCUT2D eigenvalue weighted by molar-refractivity contribution is -0.145. The summed E-state index contributed by atoms with van der Waals surface area (Å²) in [5.74, 6) is -0.302. The van der Waals surface area contributed by atoms with Crippen LogP contribution in [0.25, 0.3) is 0 Å². The molecule has 0 bridgehead atoms. The van der Waals surface area contributed by atoms with E-state index in [1.54, 1.807) is 18.2 Å². The van der Waals surface area contributed by atoms with Crippen LogP contribution >= 0.6 is 0 Å². The number of aliphatic carboxylic acids is 1. The van der Waals surface area contributed by atoms with Gasteiger partial charge in [0.25, 0.3) is 0 Å². The molecule has 1 aromatic rings. The van der Waals surface area contributed by atoms with Crippen molar-refractivity contribution in [2.75, 3.05) is 45.7 Å². The van der Waals surface area contributed by atoms with Gasteiger partial charge < -0.3 is 25.2 Å². The van der Waals surface area contributed by atoms with Gasteiger partial charge in [0.05, 0.1) is 26.3 Å². The van der Waals surface area contributed by atoms with E-state index < -0.39 is 12.0 Å². The Morgan fingerprint density at radius 1 is 1.29 bits per heavy atom. The number of carboxylic acids is 1. The molecule has 1 aromatic carbocycles. The Morgan fingerprint density at radius 2 is 2.00 bits per heavy atom. The number of nitrogens with one attached hydrogen (secondary N) is 2. The molecule has 1 amide bonds. The smallest absolute Gasteiger partial charge is 0.321 e. The highest BCUT2D eigenvalue weighted by atomic mass is 16.5. The van der Waals surface area contributed by atoms with Gasteiger partial charge in [-0.25, -0.2) is 0 Å². The first-order valence-corrected chi connectivity index (χ1v) is 7.74. The maximum absolute atomic E-state index is 12.3. The predicted molar refractivity (Wildman–Crippen MR) is 88.7 cm³/mol. The number of methoxy groups -OCH3 is 2. The van der Waals surface area contributed by atoms with Crippen LogP contribution in [0.15, 0.2) is 18.2 Å². The first kappa shape index (κ1) is 18.0. The molecule has 1 aliphatic rings. The minimum absolute atomic E-state index is 0.121. The second-order valence-electron chi connectivity index (χ2n) is 5.46. The normalized spacial score (nSPS) is 16.2. The van der Waals surface area contributed by atoms with Crippen molar-refractivity contribution in [1.82, 2.24) is 10.2 Å². The van der Waals surface area contributed by atoms with Crippen molar-refractivity contribution in [1.29, 1.82) is 0 Å². The molecule has 1 saturated heterocycles. The van der Waals surface area contributed by atoms with E-state index in [-0.39, 0.29) is 12.3 Å². The van der Waals surface area contributed by atoms with Crippen LogP contribution in [-0.4, -0.2) is 68.3 Å². The topological polar surface area (TPSA) is 100 Å². The number of hydrogen-bond acceptors (Lipinski definition) is 6. The molecule has 1 heterocycles. The van der Waals surface area contributed by atoms with Crippen molar-refractivity contribution in [3.8, 4) is 11.5 Å². The molecule has 1 fully saturated rings. The van der Waals surface area contributed by atoms with E-state index >= 15 is 0 Å². The van der Waals surface area contributed by atoms with Crippen LogP contribution in [0.1, 0.15) is 6.42 Å². The van der Waals surface area contributed by atoms with Crippen molar-refractivity contribution in [2.45, 2.75) is 12.5 Å². The molecule has 0 radical (unpaired) electrons. The molecule has 24 heavy (non-hydrogen) atoms. The van der Waals surface area contributed by atoms with Gasteiger partial charge in [0, 0.05) is 32.2 Å². The largest absolute Gasteiger partial charge is 0.497 e. The van der Waals surface area contributed by atoms with Gasteiger partial charge in [0.1, 0.15) is 17.5 Å². The van der Waals surface area contributed by atoms with E-state index in [9.17, 15) is 14.7 Å². The summed E-state index contributed by atoms with van der Waals surface area (Å²) in [6, 6.07) is 4.18. The number of carbonyl (C=O) groups excluding carboxylic acids is 1. The summed E-state index contributed by atoms with van der Waals surface area (Å²) < 4.78 is 10.3. The van der Waals surface area contributed by atoms with Gasteiger partial charge >= 0.3 is 5.97 Å². The number of nitrogens with zero attached hydrogens (tertiary/aromatic N) is 1. The lowest BCUT2D eigenvalue weighted by atomic mass is 10.1. The number of anilines is 1. The fraction of sp³-hybridized carbons (Fsp3) is 0.500. The van der Waals surface area contributed by atoms with Crippen molar-refractivity contribution in [3.05, 3.63) is 18.2 Å². The van der Waals surface area contributed by atoms with Gasteiger partial charge in [-0.05, 0) is 12.1 Å². The summed E-state index contributed by atoms with van der Waals surface area (Å²) in [6.07, 6.45) is -0.121. The van der Waals surface area contributed by atoms with Crippen molar-refractivity contribution in [2.24, 2.45) is 0 Å².